The van der Waals surface area contributed by atoms with Crippen LogP contribution in [0.2, 0.25) is 10.0 Å². The van der Waals surface area contributed by atoms with Gasteiger partial charge < -0.3 is 0 Å². The molecule has 1 aromatic carbocycles. The Labute approximate surface area is 139 Å². The van der Waals surface area contributed by atoms with Gasteiger partial charge in [0, 0.05) is 15.4 Å². The summed E-state index contributed by atoms with van der Waals surface area (Å²) in [5, 5.41) is 1.54. The molecule has 0 heterocycles. The molecule has 1 aromatic rings. The van der Waals surface area contributed by atoms with Crippen molar-refractivity contribution in [2.24, 2.45) is 11.8 Å². The molecule has 0 unspecified atom stereocenters. The smallest absolute Gasteiger partial charge is 0.0587 e. The van der Waals surface area contributed by atoms with E-state index in [9.17, 15) is 0 Å². The molecule has 0 aliphatic carbocycles. The molecule has 0 nitrogen and oxygen atoms in total. The molecule has 4 heteroatoms. The fraction of sp³-hybridized carbons (Fsp3) is 0.600. The second kappa shape index (κ2) is 7.54. The summed E-state index contributed by atoms with van der Waals surface area (Å²) in [5.74, 6) is 1.43. The fourth-order valence-corrected chi connectivity index (χ4v) is 3.89. The van der Waals surface area contributed by atoms with Gasteiger partial charge in [-0.05, 0) is 57.3 Å². The summed E-state index contributed by atoms with van der Waals surface area (Å²) >= 11 is 22.8. The van der Waals surface area contributed by atoms with Crippen LogP contribution in [0, 0.1) is 11.8 Å². The topological polar surface area (TPSA) is 0 Å². The largest absolute Gasteiger partial charge is 0.121 e. The first-order valence-corrected chi connectivity index (χ1v) is 8.60. The molecule has 108 valence electrons. The van der Waals surface area contributed by atoms with Gasteiger partial charge in [-0.15, -0.1) is 11.6 Å². The van der Waals surface area contributed by atoms with Crippen LogP contribution in [0.4, 0.5) is 0 Å². The summed E-state index contributed by atoms with van der Waals surface area (Å²) in [6.07, 6.45) is 1.78. The molecule has 0 aliphatic heterocycles. The zero-order chi connectivity index (χ0) is 14.7. The van der Waals surface area contributed by atoms with Crippen LogP contribution in [-0.4, -0.2) is 0 Å². The summed E-state index contributed by atoms with van der Waals surface area (Å²) in [4.78, 5) is 0. The fourth-order valence-electron chi connectivity index (χ4n) is 2.16. The number of hydrogen-bond donors (Lipinski definition) is 0. The first kappa shape index (κ1) is 17.6. The molecule has 1 rings (SSSR count). The minimum Gasteiger partial charge on any atom is -0.121 e. The Kier molecular flexibility index (Phi) is 6.99. The number of rotatable bonds is 5. The Morgan fingerprint density at radius 1 is 0.842 bits per heavy atom. The van der Waals surface area contributed by atoms with Gasteiger partial charge in [0.2, 0.25) is 0 Å². The Hall–Kier alpha value is 0.570. The van der Waals surface area contributed by atoms with Crippen LogP contribution in [-0.2, 0) is 18.7 Å². The van der Waals surface area contributed by atoms with Crippen molar-refractivity contribution in [3.05, 3.63) is 31.2 Å². The molecule has 0 bridgehead atoms. The van der Waals surface area contributed by atoms with E-state index in [4.69, 9.17) is 34.8 Å². The SMILES string of the molecule is CC(C)Cc1c(Cl)c(CCl)c(CC(C)C)c(Cl)c1Br. The lowest BCUT2D eigenvalue weighted by molar-refractivity contribution is 0.636. The molecule has 0 spiro atoms. The molecule has 0 saturated carbocycles. The molecule has 0 atom stereocenters. The minimum absolute atomic E-state index is 0.402. The Morgan fingerprint density at radius 2 is 1.32 bits per heavy atom. The molecule has 0 aromatic heterocycles. The van der Waals surface area contributed by atoms with E-state index in [-0.39, 0.29) is 0 Å². The maximum atomic E-state index is 6.55. The van der Waals surface area contributed by atoms with E-state index in [1.807, 2.05) is 0 Å². The third-order valence-electron chi connectivity index (χ3n) is 2.98. The summed E-state index contributed by atoms with van der Waals surface area (Å²) in [7, 11) is 0. The molecular weight excluding hydrogens is 366 g/mol. The lowest BCUT2D eigenvalue weighted by Crippen LogP contribution is -2.06. The van der Waals surface area contributed by atoms with Crippen LogP contribution in [0.15, 0.2) is 4.47 Å². The summed E-state index contributed by atoms with van der Waals surface area (Å²) < 4.78 is 0.928. The monoisotopic (exact) mass is 384 g/mol. The summed E-state index contributed by atoms with van der Waals surface area (Å²) in [6.45, 7) is 8.66. The quantitative estimate of drug-likeness (QED) is 0.382. The van der Waals surface area contributed by atoms with Crippen LogP contribution in [0.5, 0.6) is 0 Å². The van der Waals surface area contributed by atoms with E-state index in [1.165, 1.54) is 0 Å². The van der Waals surface area contributed by atoms with Crippen molar-refractivity contribution in [3.63, 3.8) is 0 Å². The number of halogens is 4. The van der Waals surface area contributed by atoms with Crippen molar-refractivity contribution < 1.29 is 0 Å². The van der Waals surface area contributed by atoms with E-state index in [0.29, 0.717) is 17.7 Å². The lowest BCUT2D eigenvalue weighted by atomic mass is 9.94. The minimum atomic E-state index is 0.402. The third kappa shape index (κ3) is 4.27. The van der Waals surface area contributed by atoms with Gasteiger partial charge in [0.1, 0.15) is 0 Å². The molecule has 0 amide bonds. The zero-order valence-electron chi connectivity index (χ0n) is 11.8. The predicted molar refractivity (Wildman–Crippen MR) is 90.8 cm³/mol. The van der Waals surface area contributed by atoms with Crippen LogP contribution < -0.4 is 0 Å². The van der Waals surface area contributed by atoms with Gasteiger partial charge in [-0.1, -0.05) is 50.9 Å². The highest BCUT2D eigenvalue weighted by molar-refractivity contribution is 9.10. The number of alkyl halides is 1. The first-order valence-electron chi connectivity index (χ1n) is 6.52. The molecule has 0 radical (unpaired) electrons. The van der Waals surface area contributed by atoms with Crippen molar-refractivity contribution in [3.8, 4) is 0 Å². The van der Waals surface area contributed by atoms with Gasteiger partial charge in [-0.25, -0.2) is 0 Å². The summed E-state index contributed by atoms with van der Waals surface area (Å²) in [6, 6.07) is 0. The van der Waals surface area contributed by atoms with E-state index in [0.717, 1.165) is 44.0 Å². The number of hydrogen-bond acceptors (Lipinski definition) is 0. The van der Waals surface area contributed by atoms with Gasteiger partial charge >= 0.3 is 0 Å². The van der Waals surface area contributed by atoms with Gasteiger partial charge in [-0.3, -0.25) is 0 Å². The molecule has 19 heavy (non-hydrogen) atoms. The molecule has 0 aliphatic rings. The van der Waals surface area contributed by atoms with Crippen LogP contribution in [0.3, 0.4) is 0 Å². The van der Waals surface area contributed by atoms with Crippen LogP contribution in [0.1, 0.15) is 44.4 Å². The van der Waals surface area contributed by atoms with E-state index < -0.39 is 0 Å². The second-order valence-electron chi connectivity index (χ2n) is 5.71. The normalized spacial score (nSPS) is 11.7. The highest BCUT2D eigenvalue weighted by atomic mass is 79.9. The van der Waals surface area contributed by atoms with Gasteiger partial charge in [0.25, 0.3) is 0 Å². The first-order chi connectivity index (χ1) is 8.79. The van der Waals surface area contributed by atoms with Gasteiger partial charge in [-0.2, -0.15) is 0 Å². The maximum Gasteiger partial charge on any atom is 0.0587 e. The zero-order valence-corrected chi connectivity index (χ0v) is 15.6. The molecule has 0 fully saturated rings. The van der Waals surface area contributed by atoms with Crippen molar-refractivity contribution >= 4 is 50.7 Å². The van der Waals surface area contributed by atoms with Gasteiger partial charge in [0.15, 0.2) is 0 Å². The Balaban J connectivity index is 3.44. The van der Waals surface area contributed by atoms with Crippen molar-refractivity contribution in [2.45, 2.75) is 46.4 Å². The number of benzene rings is 1. The summed E-state index contributed by atoms with van der Waals surface area (Å²) in [5.41, 5.74) is 3.14. The maximum absolute atomic E-state index is 6.55. The van der Waals surface area contributed by atoms with Crippen LogP contribution in [0.25, 0.3) is 0 Å². The average molecular weight is 387 g/mol. The molecule has 0 N–H and O–H groups in total. The Bertz CT molecular complexity index is 453. The van der Waals surface area contributed by atoms with Crippen molar-refractivity contribution in [1.82, 2.24) is 0 Å². The van der Waals surface area contributed by atoms with Crippen molar-refractivity contribution in [1.29, 1.82) is 0 Å². The average Bonchev–Trinajstić information content (AvgIpc) is 2.31. The lowest BCUT2D eigenvalue weighted by Gasteiger charge is -2.20. The standard InChI is InChI=1S/C15H20BrCl3/c1-8(2)5-10-12(7-17)14(18)11(6-9(3)4)13(16)15(10)19/h8-9H,5-7H2,1-4H3. The van der Waals surface area contributed by atoms with Crippen molar-refractivity contribution in [2.75, 3.05) is 0 Å². The predicted octanol–water partition coefficient (Wildman–Crippen LogP) is 6.89. The highest BCUT2D eigenvalue weighted by Crippen LogP contribution is 2.41. The Morgan fingerprint density at radius 3 is 1.74 bits per heavy atom. The van der Waals surface area contributed by atoms with E-state index in [1.54, 1.807) is 0 Å². The molecular formula is C15H20BrCl3. The highest BCUT2D eigenvalue weighted by Gasteiger charge is 2.21. The van der Waals surface area contributed by atoms with Gasteiger partial charge in [0.05, 0.1) is 5.02 Å². The second-order valence-corrected chi connectivity index (χ2v) is 7.52. The van der Waals surface area contributed by atoms with E-state index in [2.05, 4.69) is 43.6 Å². The van der Waals surface area contributed by atoms with E-state index >= 15 is 0 Å². The van der Waals surface area contributed by atoms with Crippen LogP contribution >= 0.6 is 50.7 Å². The molecule has 0 saturated heterocycles. The third-order valence-corrected chi connectivity index (χ3v) is 5.22.